The van der Waals surface area contributed by atoms with Gasteiger partial charge in [0.25, 0.3) is 0 Å². The minimum atomic E-state index is -0.418. The number of halogens is 2. The van der Waals surface area contributed by atoms with Crippen molar-refractivity contribution in [2.24, 2.45) is 0 Å². The third kappa shape index (κ3) is 3.09. The summed E-state index contributed by atoms with van der Waals surface area (Å²) in [6.45, 7) is 0. The fraction of sp³-hybridized carbons (Fsp3) is 0.0588. The summed E-state index contributed by atoms with van der Waals surface area (Å²) in [6.07, 6.45) is 0.0155. The van der Waals surface area contributed by atoms with Crippen LogP contribution in [-0.4, -0.2) is 10.9 Å². The summed E-state index contributed by atoms with van der Waals surface area (Å²) in [5.41, 5.74) is 1.21. The van der Waals surface area contributed by atoms with E-state index in [0.717, 1.165) is 0 Å². The molecule has 1 N–H and O–H groups in total. The molecule has 110 valence electrons. The van der Waals surface area contributed by atoms with E-state index >= 15 is 0 Å². The van der Waals surface area contributed by atoms with Crippen molar-refractivity contribution in [2.75, 3.05) is 5.32 Å². The maximum Gasteiger partial charge on any atom is 0.230 e. The van der Waals surface area contributed by atoms with Crippen LogP contribution in [0, 0.1) is 11.6 Å². The number of aromatic nitrogens is 1. The fourth-order valence-corrected chi connectivity index (χ4v) is 2.15. The van der Waals surface area contributed by atoms with E-state index in [2.05, 4.69) is 10.3 Å². The molecule has 0 saturated heterocycles. The maximum atomic E-state index is 13.7. The SMILES string of the molecule is O=C(Cc1ccc2cccc(F)c2n1)Nc1ccc(F)cc1. The van der Waals surface area contributed by atoms with Crippen LogP contribution in [0.2, 0.25) is 0 Å². The van der Waals surface area contributed by atoms with E-state index < -0.39 is 5.82 Å². The van der Waals surface area contributed by atoms with Crippen LogP contribution in [0.4, 0.5) is 14.5 Å². The van der Waals surface area contributed by atoms with Crippen molar-refractivity contribution in [3.8, 4) is 0 Å². The fourth-order valence-electron chi connectivity index (χ4n) is 2.15. The van der Waals surface area contributed by atoms with E-state index in [-0.39, 0.29) is 23.7 Å². The lowest BCUT2D eigenvalue weighted by atomic mass is 10.1. The normalized spacial score (nSPS) is 10.6. The Labute approximate surface area is 125 Å². The highest BCUT2D eigenvalue weighted by atomic mass is 19.1. The van der Waals surface area contributed by atoms with Gasteiger partial charge in [-0.05, 0) is 36.4 Å². The van der Waals surface area contributed by atoms with E-state index in [0.29, 0.717) is 16.8 Å². The Kier molecular flexibility index (Phi) is 3.78. The van der Waals surface area contributed by atoms with Crippen molar-refractivity contribution in [3.63, 3.8) is 0 Å². The summed E-state index contributed by atoms with van der Waals surface area (Å²) >= 11 is 0. The average Bonchev–Trinajstić information content (AvgIpc) is 2.50. The largest absolute Gasteiger partial charge is 0.326 e. The molecule has 0 spiro atoms. The monoisotopic (exact) mass is 298 g/mol. The number of benzene rings is 2. The Balaban J connectivity index is 1.76. The van der Waals surface area contributed by atoms with E-state index in [4.69, 9.17) is 0 Å². The lowest BCUT2D eigenvalue weighted by Crippen LogP contribution is -2.15. The van der Waals surface area contributed by atoms with Crippen LogP contribution in [0.1, 0.15) is 5.69 Å². The molecule has 0 fully saturated rings. The Morgan fingerprint density at radius 1 is 1.00 bits per heavy atom. The lowest BCUT2D eigenvalue weighted by molar-refractivity contribution is -0.115. The predicted molar refractivity (Wildman–Crippen MR) is 80.4 cm³/mol. The number of carbonyl (C=O) groups is 1. The molecule has 0 aliphatic heterocycles. The Morgan fingerprint density at radius 2 is 1.77 bits per heavy atom. The van der Waals surface area contributed by atoms with Gasteiger partial charge in [-0.3, -0.25) is 4.79 Å². The first-order valence-corrected chi connectivity index (χ1v) is 6.71. The highest BCUT2D eigenvalue weighted by molar-refractivity contribution is 5.92. The minimum Gasteiger partial charge on any atom is -0.326 e. The van der Waals surface area contributed by atoms with Crippen LogP contribution in [0.15, 0.2) is 54.6 Å². The molecular formula is C17H12F2N2O. The van der Waals surface area contributed by atoms with Crippen molar-refractivity contribution < 1.29 is 13.6 Å². The van der Waals surface area contributed by atoms with Gasteiger partial charge < -0.3 is 5.32 Å². The van der Waals surface area contributed by atoms with Gasteiger partial charge in [-0.25, -0.2) is 13.8 Å². The van der Waals surface area contributed by atoms with Crippen LogP contribution < -0.4 is 5.32 Å². The van der Waals surface area contributed by atoms with Gasteiger partial charge in [0.2, 0.25) is 5.91 Å². The predicted octanol–water partition coefficient (Wildman–Crippen LogP) is 3.69. The van der Waals surface area contributed by atoms with E-state index in [9.17, 15) is 13.6 Å². The second-order valence-electron chi connectivity index (χ2n) is 4.85. The highest BCUT2D eigenvalue weighted by Gasteiger charge is 2.08. The van der Waals surface area contributed by atoms with Crippen molar-refractivity contribution in [1.29, 1.82) is 0 Å². The molecule has 1 heterocycles. The van der Waals surface area contributed by atoms with Gasteiger partial charge >= 0.3 is 0 Å². The van der Waals surface area contributed by atoms with Crippen LogP contribution in [0.3, 0.4) is 0 Å². The van der Waals surface area contributed by atoms with Crippen molar-refractivity contribution >= 4 is 22.5 Å². The topological polar surface area (TPSA) is 42.0 Å². The molecule has 0 atom stereocenters. The molecule has 2 aromatic carbocycles. The van der Waals surface area contributed by atoms with Gasteiger partial charge in [-0.1, -0.05) is 18.2 Å². The number of hydrogen-bond donors (Lipinski definition) is 1. The molecule has 0 saturated carbocycles. The van der Waals surface area contributed by atoms with Gasteiger partial charge in [0.15, 0.2) is 0 Å². The first-order valence-electron chi connectivity index (χ1n) is 6.71. The second kappa shape index (κ2) is 5.89. The molecule has 1 amide bonds. The summed E-state index contributed by atoms with van der Waals surface area (Å²) in [6, 6.07) is 13.6. The van der Waals surface area contributed by atoms with Crippen LogP contribution in [0.25, 0.3) is 10.9 Å². The summed E-state index contributed by atoms with van der Waals surface area (Å²) in [5.74, 6) is -1.09. The van der Waals surface area contributed by atoms with E-state index in [1.807, 2.05) is 0 Å². The molecule has 5 heteroatoms. The highest BCUT2D eigenvalue weighted by Crippen LogP contribution is 2.16. The van der Waals surface area contributed by atoms with Crippen LogP contribution in [-0.2, 0) is 11.2 Å². The number of carbonyl (C=O) groups excluding carboxylic acids is 1. The van der Waals surface area contributed by atoms with E-state index in [1.54, 1.807) is 24.3 Å². The summed E-state index contributed by atoms with van der Waals surface area (Å²) < 4.78 is 26.5. The number of fused-ring (bicyclic) bond motifs is 1. The van der Waals surface area contributed by atoms with Gasteiger partial charge in [0.05, 0.1) is 12.1 Å². The second-order valence-corrected chi connectivity index (χ2v) is 4.85. The van der Waals surface area contributed by atoms with Crippen LogP contribution in [0.5, 0.6) is 0 Å². The third-order valence-electron chi connectivity index (χ3n) is 3.20. The molecule has 3 nitrogen and oxygen atoms in total. The number of rotatable bonds is 3. The third-order valence-corrected chi connectivity index (χ3v) is 3.20. The number of anilines is 1. The molecule has 0 bridgehead atoms. The molecule has 0 radical (unpaired) electrons. The summed E-state index contributed by atoms with van der Waals surface area (Å²) in [7, 11) is 0. The zero-order chi connectivity index (χ0) is 15.5. The minimum absolute atomic E-state index is 0.0155. The van der Waals surface area contributed by atoms with Gasteiger partial charge in [-0.15, -0.1) is 0 Å². The first kappa shape index (κ1) is 14.1. The van der Waals surface area contributed by atoms with Gasteiger partial charge in [0.1, 0.15) is 17.2 Å². The lowest BCUT2D eigenvalue weighted by Gasteiger charge is -2.06. The maximum absolute atomic E-state index is 13.7. The summed E-state index contributed by atoms with van der Waals surface area (Å²) in [5, 5.41) is 3.32. The average molecular weight is 298 g/mol. The first-order chi connectivity index (χ1) is 10.6. The molecule has 3 aromatic rings. The van der Waals surface area contributed by atoms with Crippen molar-refractivity contribution in [2.45, 2.75) is 6.42 Å². The molecule has 22 heavy (non-hydrogen) atoms. The zero-order valence-corrected chi connectivity index (χ0v) is 11.5. The zero-order valence-electron chi connectivity index (χ0n) is 11.5. The molecule has 0 aliphatic carbocycles. The van der Waals surface area contributed by atoms with Crippen LogP contribution >= 0.6 is 0 Å². The molecule has 0 aliphatic rings. The quantitative estimate of drug-likeness (QED) is 0.801. The van der Waals surface area contributed by atoms with Crippen molar-refractivity contribution in [1.82, 2.24) is 4.98 Å². The standard InChI is InChI=1S/C17H12F2N2O/c18-12-5-8-13(9-6-12)20-16(22)10-14-7-4-11-2-1-3-15(19)17(11)21-14/h1-9H,10H2,(H,20,22). The number of hydrogen-bond acceptors (Lipinski definition) is 2. The molecular weight excluding hydrogens is 286 g/mol. The number of pyridine rings is 1. The van der Waals surface area contributed by atoms with Gasteiger partial charge in [-0.2, -0.15) is 0 Å². The smallest absolute Gasteiger partial charge is 0.230 e. The Hall–Kier alpha value is -2.82. The molecule has 1 aromatic heterocycles. The van der Waals surface area contributed by atoms with E-state index in [1.165, 1.54) is 30.3 Å². The summed E-state index contributed by atoms with van der Waals surface area (Å²) in [4.78, 5) is 16.1. The number of nitrogens with one attached hydrogen (secondary N) is 1. The Bertz CT molecular complexity index is 832. The number of para-hydroxylation sites is 1. The molecule has 0 unspecified atom stereocenters. The number of nitrogens with zero attached hydrogens (tertiary/aromatic N) is 1. The molecule has 3 rings (SSSR count). The Morgan fingerprint density at radius 3 is 2.55 bits per heavy atom. The number of amides is 1. The van der Waals surface area contributed by atoms with Crippen molar-refractivity contribution in [3.05, 3.63) is 71.9 Å². The van der Waals surface area contributed by atoms with Gasteiger partial charge in [0, 0.05) is 11.1 Å².